The minimum absolute atomic E-state index is 0.137. The Hall–Kier alpha value is -0.910. The van der Waals surface area contributed by atoms with Crippen LogP contribution in [0.15, 0.2) is 35.2 Å². The first kappa shape index (κ1) is 12.5. The van der Waals surface area contributed by atoms with Crippen LogP contribution in [0.5, 0.6) is 0 Å². The van der Waals surface area contributed by atoms with Crippen molar-refractivity contribution in [1.82, 2.24) is 0 Å². The van der Waals surface area contributed by atoms with Gasteiger partial charge in [-0.1, -0.05) is 31.0 Å². The van der Waals surface area contributed by atoms with Crippen LogP contribution < -0.4 is 0 Å². The number of hydrogen-bond acceptors (Lipinski definition) is 4. The Balaban J connectivity index is 2.12. The molecule has 2 atom stereocenters. The van der Waals surface area contributed by atoms with Gasteiger partial charge < -0.3 is 5.11 Å². The van der Waals surface area contributed by atoms with E-state index in [2.05, 4.69) is 0 Å². The van der Waals surface area contributed by atoms with Crippen molar-refractivity contribution in [2.75, 3.05) is 0 Å². The third-order valence-corrected chi connectivity index (χ3v) is 4.30. The lowest BCUT2D eigenvalue weighted by Gasteiger charge is -2.26. The second kappa shape index (κ2) is 5.16. The lowest BCUT2D eigenvalue weighted by molar-refractivity contribution is 0.0105. The summed E-state index contributed by atoms with van der Waals surface area (Å²) in [7, 11) is -3.75. The van der Waals surface area contributed by atoms with E-state index in [0.29, 0.717) is 12.8 Å². The standard InChI is InChI=1S/C12H16O4S/c13-11-8-4-5-9-12(11)16-17(14,15)10-6-2-1-3-7-10/h1-3,6-7,11-13H,4-5,8-9H2/t11-,12+/m1/s1. The molecule has 1 saturated carbocycles. The Morgan fingerprint density at radius 1 is 1.12 bits per heavy atom. The molecule has 1 N–H and O–H groups in total. The van der Waals surface area contributed by atoms with Crippen molar-refractivity contribution in [2.24, 2.45) is 0 Å². The van der Waals surface area contributed by atoms with Crippen molar-refractivity contribution in [2.45, 2.75) is 42.8 Å². The third kappa shape index (κ3) is 3.06. The molecule has 0 aliphatic heterocycles. The summed E-state index contributed by atoms with van der Waals surface area (Å²) in [5, 5.41) is 9.69. The van der Waals surface area contributed by atoms with Gasteiger partial charge in [0.15, 0.2) is 0 Å². The van der Waals surface area contributed by atoms with Gasteiger partial charge in [0.1, 0.15) is 6.10 Å². The van der Waals surface area contributed by atoms with Crippen LogP contribution in [0.1, 0.15) is 25.7 Å². The Morgan fingerprint density at radius 2 is 1.76 bits per heavy atom. The number of benzene rings is 1. The summed E-state index contributed by atoms with van der Waals surface area (Å²) in [6.07, 6.45) is 1.73. The molecule has 0 heterocycles. The van der Waals surface area contributed by atoms with Crippen molar-refractivity contribution in [1.29, 1.82) is 0 Å². The molecule has 0 radical (unpaired) electrons. The fourth-order valence-electron chi connectivity index (χ4n) is 1.99. The summed E-state index contributed by atoms with van der Waals surface area (Å²) in [5.74, 6) is 0. The molecule has 4 nitrogen and oxygen atoms in total. The van der Waals surface area contributed by atoms with E-state index in [1.54, 1.807) is 18.2 Å². The zero-order valence-electron chi connectivity index (χ0n) is 9.45. The molecule has 0 unspecified atom stereocenters. The van der Waals surface area contributed by atoms with Gasteiger partial charge in [0.2, 0.25) is 0 Å². The maximum Gasteiger partial charge on any atom is 0.297 e. The zero-order chi connectivity index (χ0) is 12.3. The van der Waals surface area contributed by atoms with E-state index in [9.17, 15) is 13.5 Å². The van der Waals surface area contributed by atoms with Crippen LogP contribution in [0.4, 0.5) is 0 Å². The number of aliphatic hydroxyl groups is 1. The van der Waals surface area contributed by atoms with Gasteiger partial charge in [-0.3, -0.25) is 4.18 Å². The van der Waals surface area contributed by atoms with Gasteiger partial charge in [0.05, 0.1) is 11.0 Å². The Labute approximate surface area is 101 Å². The van der Waals surface area contributed by atoms with E-state index in [1.807, 2.05) is 0 Å². The molecule has 0 spiro atoms. The normalized spacial score (nSPS) is 25.7. The summed E-state index contributed by atoms with van der Waals surface area (Å²) >= 11 is 0. The maximum absolute atomic E-state index is 11.9. The first-order valence-corrected chi connectivity index (χ1v) is 7.17. The topological polar surface area (TPSA) is 63.6 Å². The average molecular weight is 256 g/mol. The van der Waals surface area contributed by atoms with Crippen LogP contribution in [0, 0.1) is 0 Å². The van der Waals surface area contributed by atoms with Crippen LogP contribution in [0.3, 0.4) is 0 Å². The van der Waals surface area contributed by atoms with Gasteiger partial charge in [-0.25, -0.2) is 0 Å². The predicted octanol–water partition coefficient (Wildman–Crippen LogP) is 1.70. The molecule has 5 heteroatoms. The summed E-state index contributed by atoms with van der Waals surface area (Å²) in [6.45, 7) is 0. The Morgan fingerprint density at radius 3 is 2.41 bits per heavy atom. The van der Waals surface area contributed by atoms with Crippen molar-refractivity contribution in [3.63, 3.8) is 0 Å². The molecular weight excluding hydrogens is 240 g/mol. The van der Waals surface area contributed by atoms with Gasteiger partial charge in [-0.05, 0) is 25.0 Å². The smallest absolute Gasteiger partial charge is 0.297 e. The molecule has 0 saturated heterocycles. The van der Waals surface area contributed by atoms with Crippen molar-refractivity contribution in [3.05, 3.63) is 30.3 Å². The van der Waals surface area contributed by atoms with Crippen molar-refractivity contribution in [3.8, 4) is 0 Å². The van der Waals surface area contributed by atoms with Gasteiger partial charge >= 0.3 is 0 Å². The number of aliphatic hydroxyl groups excluding tert-OH is 1. The molecule has 0 aromatic heterocycles. The molecule has 0 amide bonds. The fraction of sp³-hybridized carbons (Fsp3) is 0.500. The second-order valence-corrected chi connectivity index (χ2v) is 5.83. The summed E-state index contributed by atoms with van der Waals surface area (Å²) in [4.78, 5) is 0.137. The van der Waals surface area contributed by atoms with E-state index in [4.69, 9.17) is 4.18 Å². The Bertz CT molecular complexity index is 455. The molecular formula is C12H16O4S. The lowest BCUT2D eigenvalue weighted by atomic mass is 9.95. The summed E-state index contributed by atoms with van der Waals surface area (Å²) in [5.41, 5.74) is 0. The highest BCUT2D eigenvalue weighted by atomic mass is 32.2. The van der Waals surface area contributed by atoms with Gasteiger partial charge in [-0.15, -0.1) is 0 Å². The van der Waals surface area contributed by atoms with Gasteiger partial charge in [-0.2, -0.15) is 8.42 Å². The molecule has 0 bridgehead atoms. The number of hydrogen-bond donors (Lipinski definition) is 1. The van der Waals surface area contributed by atoms with Crippen LogP contribution in [-0.4, -0.2) is 25.7 Å². The quantitative estimate of drug-likeness (QED) is 0.836. The summed E-state index contributed by atoms with van der Waals surface area (Å²) in [6, 6.07) is 8.02. The SMILES string of the molecule is O=S(=O)(O[C@H]1CCCC[C@H]1O)c1ccccc1. The molecule has 94 valence electrons. The largest absolute Gasteiger partial charge is 0.390 e. The highest BCUT2D eigenvalue weighted by Crippen LogP contribution is 2.24. The Kier molecular flexibility index (Phi) is 3.81. The van der Waals surface area contributed by atoms with Crippen molar-refractivity contribution < 1.29 is 17.7 Å². The minimum atomic E-state index is -3.75. The van der Waals surface area contributed by atoms with Crippen molar-refractivity contribution >= 4 is 10.1 Å². The van der Waals surface area contributed by atoms with Crippen LogP contribution in [0.2, 0.25) is 0 Å². The van der Waals surface area contributed by atoms with Crippen LogP contribution in [-0.2, 0) is 14.3 Å². The average Bonchev–Trinajstić information content (AvgIpc) is 2.33. The predicted molar refractivity (Wildman–Crippen MR) is 63.0 cm³/mol. The molecule has 17 heavy (non-hydrogen) atoms. The minimum Gasteiger partial charge on any atom is -0.390 e. The first-order chi connectivity index (χ1) is 8.09. The van der Waals surface area contributed by atoms with E-state index in [0.717, 1.165) is 12.8 Å². The number of rotatable bonds is 3. The molecule has 2 rings (SSSR count). The maximum atomic E-state index is 11.9. The first-order valence-electron chi connectivity index (χ1n) is 5.76. The van der Waals surface area contributed by atoms with Gasteiger partial charge in [0, 0.05) is 0 Å². The summed E-state index contributed by atoms with van der Waals surface area (Å²) < 4.78 is 28.9. The van der Waals surface area contributed by atoms with E-state index in [1.165, 1.54) is 12.1 Å². The second-order valence-electron chi connectivity index (χ2n) is 4.25. The van der Waals surface area contributed by atoms with Crippen LogP contribution in [0.25, 0.3) is 0 Å². The van der Waals surface area contributed by atoms with E-state index >= 15 is 0 Å². The fourth-order valence-corrected chi connectivity index (χ4v) is 3.15. The van der Waals surface area contributed by atoms with E-state index in [-0.39, 0.29) is 4.90 Å². The van der Waals surface area contributed by atoms with Crippen LogP contribution >= 0.6 is 0 Å². The zero-order valence-corrected chi connectivity index (χ0v) is 10.3. The van der Waals surface area contributed by atoms with E-state index < -0.39 is 22.3 Å². The molecule has 1 aliphatic carbocycles. The third-order valence-electron chi connectivity index (χ3n) is 2.95. The molecule has 1 aliphatic rings. The lowest BCUT2D eigenvalue weighted by Crippen LogP contribution is -2.34. The molecule has 1 aromatic carbocycles. The molecule has 1 aromatic rings. The van der Waals surface area contributed by atoms with Gasteiger partial charge in [0.25, 0.3) is 10.1 Å². The monoisotopic (exact) mass is 256 g/mol. The molecule has 1 fully saturated rings. The highest BCUT2D eigenvalue weighted by Gasteiger charge is 2.29. The highest BCUT2D eigenvalue weighted by molar-refractivity contribution is 7.86.